The van der Waals surface area contributed by atoms with Crippen molar-refractivity contribution in [2.24, 2.45) is 10.4 Å². The van der Waals surface area contributed by atoms with Crippen LogP contribution >= 0.6 is 11.8 Å². The minimum absolute atomic E-state index is 0.153. The van der Waals surface area contributed by atoms with Crippen LogP contribution in [0.2, 0.25) is 0 Å². The molecule has 1 rings (SSSR count). The van der Waals surface area contributed by atoms with Gasteiger partial charge in [-0.25, -0.2) is 0 Å². The molecule has 0 fully saturated rings. The fourth-order valence-corrected chi connectivity index (χ4v) is 1.73. The number of hydrogen-bond acceptors (Lipinski definition) is 2. The summed E-state index contributed by atoms with van der Waals surface area (Å²) >= 11 is 1.70. The molecule has 1 nitrogen and oxygen atoms in total. The van der Waals surface area contributed by atoms with Gasteiger partial charge in [0.2, 0.25) is 0 Å². The molecule has 0 bridgehead atoms. The average molecular weight is 181 g/mol. The summed E-state index contributed by atoms with van der Waals surface area (Å²) < 4.78 is 0. The first-order chi connectivity index (χ1) is 5.50. The van der Waals surface area contributed by atoms with Gasteiger partial charge in [-0.1, -0.05) is 20.8 Å². The largest absolute Gasteiger partial charge is 0.257 e. The van der Waals surface area contributed by atoms with Crippen LogP contribution in [0, 0.1) is 5.41 Å². The van der Waals surface area contributed by atoms with Crippen molar-refractivity contribution in [2.75, 3.05) is 0 Å². The van der Waals surface area contributed by atoms with Gasteiger partial charge in [-0.2, -0.15) is 0 Å². The Bertz CT molecular complexity index is 254. The highest BCUT2D eigenvalue weighted by atomic mass is 32.2. The third-order valence-corrected chi connectivity index (χ3v) is 2.29. The van der Waals surface area contributed by atoms with Gasteiger partial charge in [-0.15, -0.1) is 11.8 Å². The molecular weight excluding hydrogens is 166 g/mol. The number of thioether (sulfide) groups is 1. The lowest BCUT2D eigenvalue weighted by molar-refractivity contribution is 0.500. The van der Waals surface area contributed by atoms with E-state index in [2.05, 4.69) is 36.6 Å². The SMILES string of the molecule is CC1=NC(C(C)(C)C)=CSC=C1. The molecule has 0 aromatic rings. The first kappa shape index (κ1) is 9.59. The minimum Gasteiger partial charge on any atom is -0.257 e. The van der Waals surface area contributed by atoms with E-state index in [4.69, 9.17) is 0 Å². The average Bonchev–Trinajstić information content (AvgIpc) is 2.11. The van der Waals surface area contributed by atoms with E-state index in [0.29, 0.717) is 0 Å². The second kappa shape index (κ2) is 3.48. The zero-order chi connectivity index (χ0) is 9.19. The summed E-state index contributed by atoms with van der Waals surface area (Å²) in [5, 5.41) is 4.19. The molecule has 0 saturated heterocycles. The van der Waals surface area contributed by atoms with E-state index in [1.807, 2.05) is 13.0 Å². The molecule has 0 aromatic carbocycles. The van der Waals surface area contributed by atoms with Gasteiger partial charge in [0.15, 0.2) is 0 Å². The van der Waals surface area contributed by atoms with Crippen molar-refractivity contribution in [1.29, 1.82) is 0 Å². The van der Waals surface area contributed by atoms with Gasteiger partial charge in [0, 0.05) is 11.1 Å². The van der Waals surface area contributed by atoms with E-state index >= 15 is 0 Å². The van der Waals surface area contributed by atoms with Gasteiger partial charge in [0.05, 0.1) is 5.70 Å². The number of rotatable bonds is 0. The standard InChI is InChI=1S/C10H15NS/c1-8-5-6-12-7-9(11-8)10(2,3)4/h5-7H,1-4H3. The Morgan fingerprint density at radius 1 is 1.33 bits per heavy atom. The predicted octanol–water partition coefficient (Wildman–Crippen LogP) is 3.60. The molecule has 0 radical (unpaired) electrons. The van der Waals surface area contributed by atoms with Crippen molar-refractivity contribution < 1.29 is 0 Å². The molecule has 0 saturated carbocycles. The Morgan fingerprint density at radius 2 is 2.00 bits per heavy atom. The summed E-state index contributed by atoms with van der Waals surface area (Å²) in [4.78, 5) is 4.52. The zero-order valence-corrected chi connectivity index (χ0v) is 8.90. The number of aliphatic imine (C=N–C) groups is 1. The lowest BCUT2D eigenvalue weighted by atomic mass is 9.93. The van der Waals surface area contributed by atoms with Gasteiger partial charge in [0.1, 0.15) is 0 Å². The Hall–Kier alpha value is -0.500. The van der Waals surface area contributed by atoms with Crippen molar-refractivity contribution in [3.8, 4) is 0 Å². The van der Waals surface area contributed by atoms with Crippen molar-refractivity contribution in [2.45, 2.75) is 27.7 Å². The number of nitrogens with zero attached hydrogens (tertiary/aromatic N) is 1. The van der Waals surface area contributed by atoms with Crippen LogP contribution in [0.3, 0.4) is 0 Å². The second-order valence-corrected chi connectivity index (χ2v) is 4.73. The third kappa shape index (κ3) is 2.52. The van der Waals surface area contributed by atoms with Crippen LogP contribution in [-0.4, -0.2) is 5.71 Å². The first-order valence-electron chi connectivity index (χ1n) is 4.08. The maximum Gasteiger partial charge on any atom is 0.0526 e. The van der Waals surface area contributed by atoms with E-state index in [0.717, 1.165) is 11.4 Å². The van der Waals surface area contributed by atoms with Crippen LogP contribution in [0.1, 0.15) is 27.7 Å². The Kier molecular flexibility index (Phi) is 2.78. The van der Waals surface area contributed by atoms with Gasteiger partial charge in [-0.05, 0) is 23.8 Å². The summed E-state index contributed by atoms with van der Waals surface area (Å²) in [5.41, 5.74) is 2.40. The highest BCUT2D eigenvalue weighted by Gasteiger charge is 2.16. The zero-order valence-electron chi connectivity index (χ0n) is 8.09. The van der Waals surface area contributed by atoms with E-state index in [1.54, 1.807) is 11.8 Å². The molecule has 0 unspecified atom stereocenters. The normalized spacial score (nSPS) is 18.3. The quantitative estimate of drug-likeness (QED) is 0.556. The number of hydrogen-bond donors (Lipinski definition) is 0. The molecule has 2 heteroatoms. The molecule has 0 spiro atoms. The highest BCUT2D eigenvalue weighted by molar-refractivity contribution is 8.04. The van der Waals surface area contributed by atoms with Gasteiger partial charge < -0.3 is 0 Å². The molecule has 12 heavy (non-hydrogen) atoms. The van der Waals surface area contributed by atoms with E-state index in [9.17, 15) is 0 Å². The molecule has 0 aromatic heterocycles. The first-order valence-corrected chi connectivity index (χ1v) is 5.02. The minimum atomic E-state index is 0.153. The Labute approximate surface area is 78.7 Å². The topological polar surface area (TPSA) is 12.4 Å². The van der Waals surface area contributed by atoms with E-state index < -0.39 is 0 Å². The van der Waals surface area contributed by atoms with Crippen molar-refractivity contribution >= 4 is 17.5 Å². The van der Waals surface area contributed by atoms with Crippen molar-refractivity contribution in [3.05, 3.63) is 22.6 Å². The molecule has 0 atom stereocenters. The molecule has 1 heterocycles. The molecule has 66 valence electrons. The lowest BCUT2D eigenvalue weighted by Crippen LogP contribution is -2.08. The number of allylic oxidation sites excluding steroid dienone is 2. The molecule has 0 amide bonds. The molecular formula is C10H15NS. The lowest BCUT2D eigenvalue weighted by Gasteiger charge is -2.18. The van der Waals surface area contributed by atoms with Crippen LogP contribution in [0.15, 0.2) is 27.6 Å². The monoisotopic (exact) mass is 181 g/mol. The van der Waals surface area contributed by atoms with Crippen molar-refractivity contribution in [3.63, 3.8) is 0 Å². The predicted molar refractivity (Wildman–Crippen MR) is 57.4 cm³/mol. The van der Waals surface area contributed by atoms with E-state index in [1.165, 1.54) is 0 Å². The summed E-state index contributed by atoms with van der Waals surface area (Å²) in [6.45, 7) is 8.58. The Morgan fingerprint density at radius 3 is 2.58 bits per heavy atom. The third-order valence-electron chi connectivity index (χ3n) is 1.63. The second-order valence-electron chi connectivity index (χ2n) is 3.95. The highest BCUT2D eigenvalue weighted by Crippen LogP contribution is 2.30. The Balaban J connectivity index is 2.93. The summed E-state index contributed by atoms with van der Waals surface area (Å²) in [6, 6.07) is 0. The molecule has 1 aliphatic heterocycles. The fourth-order valence-electron chi connectivity index (χ4n) is 0.840. The van der Waals surface area contributed by atoms with Crippen LogP contribution in [-0.2, 0) is 0 Å². The van der Waals surface area contributed by atoms with Crippen LogP contribution in [0.25, 0.3) is 0 Å². The summed E-state index contributed by atoms with van der Waals surface area (Å²) in [6.07, 6.45) is 2.04. The molecule has 1 aliphatic rings. The van der Waals surface area contributed by atoms with Crippen LogP contribution in [0.4, 0.5) is 0 Å². The van der Waals surface area contributed by atoms with Crippen LogP contribution in [0.5, 0.6) is 0 Å². The summed E-state index contributed by atoms with van der Waals surface area (Å²) in [7, 11) is 0. The molecule has 0 N–H and O–H groups in total. The van der Waals surface area contributed by atoms with Gasteiger partial charge in [0.25, 0.3) is 0 Å². The maximum absolute atomic E-state index is 4.52. The fraction of sp³-hybridized carbons (Fsp3) is 0.500. The maximum atomic E-state index is 4.52. The molecule has 0 aliphatic carbocycles. The smallest absolute Gasteiger partial charge is 0.0526 e. The van der Waals surface area contributed by atoms with Crippen LogP contribution < -0.4 is 0 Å². The van der Waals surface area contributed by atoms with E-state index in [-0.39, 0.29) is 5.41 Å². The van der Waals surface area contributed by atoms with Gasteiger partial charge >= 0.3 is 0 Å². The van der Waals surface area contributed by atoms with Gasteiger partial charge in [-0.3, -0.25) is 4.99 Å². The van der Waals surface area contributed by atoms with Crippen molar-refractivity contribution in [1.82, 2.24) is 0 Å². The summed E-state index contributed by atoms with van der Waals surface area (Å²) in [5.74, 6) is 0.